The maximum Gasteiger partial charge on any atom is 0.135 e. The Morgan fingerprint density at radius 2 is 2.20 bits per heavy atom. The zero-order chi connectivity index (χ0) is 11.1. The molecule has 2 unspecified atom stereocenters. The van der Waals surface area contributed by atoms with Gasteiger partial charge in [-0.15, -0.1) is 6.58 Å². The molecule has 0 amide bonds. The van der Waals surface area contributed by atoms with Gasteiger partial charge >= 0.3 is 0 Å². The van der Waals surface area contributed by atoms with Gasteiger partial charge < -0.3 is 4.74 Å². The van der Waals surface area contributed by atoms with E-state index in [0.29, 0.717) is 12.3 Å². The van der Waals surface area contributed by atoms with E-state index in [1.54, 1.807) is 0 Å². The van der Waals surface area contributed by atoms with Crippen molar-refractivity contribution in [1.82, 2.24) is 5.32 Å². The largest absolute Gasteiger partial charge is 0.353 e. The van der Waals surface area contributed by atoms with Crippen molar-refractivity contribution in [2.45, 2.75) is 58.3 Å². The van der Waals surface area contributed by atoms with Gasteiger partial charge in [-0.2, -0.15) is 0 Å². The average Bonchev–Trinajstić information content (AvgIpc) is 2.93. The van der Waals surface area contributed by atoms with Crippen LogP contribution >= 0.6 is 0 Å². The highest BCUT2D eigenvalue weighted by Crippen LogP contribution is 2.25. The summed E-state index contributed by atoms with van der Waals surface area (Å²) in [7, 11) is 0. The fourth-order valence-electron chi connectivity index (χ4n) is 1.70. The van der Waals surface area contributed by atoms with E-state index in [0.717, 1.165) is 18.9 Å². The fourth-order valence-corrected chi connectivity index (χ4v) is 1.70. The van der Waals surface area contributed by atoms with Crippen LogP contribution in [0.2, 0.25) is 0 Å². The van der Waals surface area contributed by atoms with E-state index in [9.17, 15) is 0 Å². The Balaban J connectivity index is 1.86. The summed E-state index contributed by atoms with van der Waals surface area (Å²) >= 11 is 0. The first-order valence-corrected chi connectivity index (χ1v) is 6.23. The molecule has 1 rings (SSSR count). The van der Waals surface area contributed by atoms with Crippen molar-refractivity contribution in [3.63, 3.8) is 0 Å². The second kappa shape index (κ2) is 7.02. The summed E-state index contributed by atoms with van der Waals surface area (Å²) in [4.78, 5) is 0. The van der Waals surface area contributed by atoms with Gasteiger partial charge in [0.25, 0.3) is 0 Å². The molecule has 0 aromatic rings. The molecule has 88 valence electrons. The number of unbranched alkanes of at least 4 members (excludes halogenated alkanes) is 2. The molecular weight excluding hydrogens is 186 g/mol. The molecule has 1 heterocycles. The molecule has 0 spiro atoms. The smallest absolute Gasteiger partial charge is 0.135 e. The molecule has 0 bridgehead atoms. The predicted octanol–water partition coefficient (Wildman–Crippen LogP) is 3.09. The van der Waals surface area contributed by atoms with Crippen LogP contribution in [0.1, 0.15) is 46.0 Å². The van der Waals surface area contributed by atoms with Gasteiger partial charge in [0.05, 0.1) is 6.10 Å². The van der Waals surface area contributed by atoms with Crippen LogP contribution < -0.4 is 5.32 Å². The molecule has 2 atom stereocenters. The molecular formula is C13H25NO. The number of hydrogen-bond donors (Lipinski definition) is 1. The molecule has 15 heavy (non-hydrogen) atoms. The van der Waals surface area contributed by atoms with Gasteiger partial charge in [0.1, 0.15) is 6.23 Å². The minimum Gasteiger partial charge on any atom is -0.353 e. The van der Waals surface area contributed by atoms with Crippen LogP contribution in [0.3, 0.4) is 0 Å². The number of nitrogens with one attached hydrogen (secondary N) is 1. The third-order valence-corrected chi connectivity index (χ3v) is 2.79. The first kappa shape index (κ1) is 12.7. The Morgan fingerprint density at radius 3 is 2.87 bits per heavy atom. The van der Waals surface area contributed by atoms with Crippen molar-refractivity contribution in [2.75, 3.05) is 6.54 Å². The van der Waals surface area contributed by atoms with Crippen LogP contribution in [-0.4, -0.2) is 18.9 Å². The number of hydrogen-bond acceptors (Lipinski definition) is 2. The summed E-state index contributed by atoms with van der Waals surface area (Å²) in [6.07, 6.45) is 8.91. The van der Waals surface area contributed by atoms with Crippen molar-refractivity contribution in [2.24, 2.45) is 5.92 Å². The molecule has 1 aliphatic rings. The van der Waals surface area contributed by atoms with Crippen LogP contribution in [0.25, 0.3) is 0 Å². The highest BCUT2D eigenvalue weighted by molar-refractivity contribution is 4.82. The van der Waals surface area contributed by atoms with Gasteiger partial charge in [-0.25, -0.2) is 0 Å². The van der Waals surface area contributed by atoms with Crippen molar-refractivity contribution < 1.29 is 4.74 Å². The van der Waals surface area contributed by atoms with Crippen LogP contribution in [0.4, 0.5) is 0 Å². The van der Waals surface area contributed by atoms with E-state index in [2.05, 4.69) is 25.7 Å². The summed E-state index contributed by atoms with van der Waals surface area (Å²) in [6, 6.07) is 0. The van der Waals surface area contributed by atoms with Crippen LogP contribution in [0.15, 0.2) is 12.7 Å². The molecule has 2 heteroatoms. The van der Waals surface area contributed by atoms with Crippen LogP contribution in [0.5, 0.6) is 0 Å². The SMILES string of the molecule is C=CCCCCNC1OC1CCC(C)C. The Bertz CT molecular complexity index is 179. The van der Waals surface area contributed by atoms with Gasteiger partial charge in [-0.3, -0.25) is 5.32 Å². The molecule has 1 fully saturated rings. The van der Waals surface area contributed by atoms with Gasteiger partial charge in [0.2, 0.25) is 0 Å². The lowest BCUT2D eigenvalue weighted by Crippen LogP contribution is -2.21. The lowest BCUT2D eigenvalue weighted by Gasteiger charge is -2.02. The van der Waals surface area contributed by atoms with E-state index in [-0.39, 0.29) is 0 Å². The lowest BCUT2D eigenvalue weighted by atomic mass is 10.1. The zero-order valence-electron chi connectivity index (χ0n) is 10.2. The van der Waals surface area contributed by atoms with E-state index in [4.69, 9.17) is 4.74 Å². The van der Waals surface area contributed by atoms with Crippen molar-refractivity contribution in [1.29, 1.82) is 0 Å². The Morgan fingerprint density at radius 1 is 1.40 bits per heavy atom. The highest BCUT2D eigenvalue weighted by atomic mass is 16.6. The number of ether oxygens (including phenoxy) is 1. The minimum absolute atomic E-state index is 0.354. The number of allylic oxidation sites excluding steroid dienone is 1. The molecule has 0 aromatic carbocycles. The molecule has 0 saturated carbocycles. The molecule has 1 aliphatic heterocycles. The second-order valence-corrected chi connectivity index (χ2v) is 4.80. The third-order valence-electron chi connectivity index (χ3n) is 2.79. The Labute approximate surface area is 94.1 Å². The van der Waals surface area contributed by atoms with Gasteiger partial charge in [0, 0.05) is 0 Å². The Kier molecular flexibility index (Phi) is 5.96. The Hall–Kier alpha value is -0.340. The van der Waals surface area contributed by atoms with Gasteiger partial charge in [-0.05, 0) is 44.6 Å². The van der Waals surface area contributed by atoms with Crippen LogP contribution in [-0.2, 0) is 4.74 Å². The normalized spacial score (nSPS) is 24.5. The van der Waals surface area contributed by atoms with E-state index >= 15 is 0 Å². The lowest BCUT2D eigenvalue weighted by molar-refractivity contribution is 0.332. The summed E-state index contributed by atoms with van der Waals surface area (Å²) in [5, 5.41) is 3.43. The maximum absolute atomic E-state index is 5.54. The maximum atomic E-state index is 5.54. The third kappa shape index (κ3) is 5.95. The molecule has 1 saturated heterocycles. The summed E-state index contributed by atoms with van der Waals surface area (Å²) in [5.41, 5.74) is 0. The second-order valence-electron chi connectivity index (χ2n) is 4.80. The minimum atomic E-state index is 0.354. The predicted molar refractivity (Wildman–Crippen MR) is 64.8 cm³/mol. The molecule has 1 N–H and O–H groups in total. The molecule has 2 nitrogen and oxygen atoms in total. The van der Waals surface area contributed by atoms with Crippen molar-refractivity contribution in [3.05, 3.63) is 12.7 Å². The number of rotatable bonds is 9. The summed E-state index contributed by atoms with van der Waals surface area (Å²) in [6.45, 7) is 9.32. The van der Waals surface area contributed by atoms with Crippen LogP contribution in [0, 0.1) is 5.92 Å². The van der Waals surface area contributed by atoms with E-state index < -0.39 is 0 Å². The van der Waals surface area contributed by atoms with Crippen molar-refractivity contribution >= 4 is 0 Å². The molecule has 0 aromatic heterocycles. The summed E-state index contributed by atoms with van der Waals surface area (Å²) < 4.78 is 5.54. The molecule has 0 aliphatic carbocycles. The van der Waals surface area contributed by atoms with Gasteiger partial charge in [-0.1, -0.05) is 19.9 Å². The first-order valence-electron chi connectivity index (χ1n) is 6.23. The van der Waals surface area contributed by atoms with Gasteiger partial charge in [0.15, 0.2) is 0 Å². The summed E-state index contributed by atoms with van der Waals surface area (Å²) in [5.74, 6) is 0.794. The van der Waals surface area contributed by atoms with Crippen molar-refractivity contribution in [3.8, 4) is 0 Å². The monoisotopic (exact) mass is 211 g/mol. The van der Waals surface area contributed by atoms with E-state index in [1.807, 2.05) is 6.08 Å². The first-order chi connectivity index (χ1) is 7.24. The average molecular weight is 211 g/mol. The highest BCUT2D eigenvalue weighted by Gasteiger charge is 2.37. The topological polar surface area (TPSA) is 24.6 Å². The quantitative estimate of drug-likeness (QED) is 0.360. The number of epoxide rings is 1. The molecule has 0 radical (unpaired) electrons. The zero-order valence-corrected chi connectivity index (χ0v) is 10.2. The standard InChI is InChI=1S/C13H25NO/c1-4-5-6-7-10-14-13-12(15-13)9-8-11(2)3/h4,11-14H,1,5-10H2,2-3H3. The fraction of sp³-hybridized carbons (Fsp3) is 0.846. The van der Waals surface area contributed by atoms with E-state index in [1.165, 1.54) is 25.7 Å².